The summed E-state index contributed by atoms with van der Waals surface area (Å²) in [4.78, 5) is 0. The van der Waals surface area contributed by atoms with E-state index < -0.39 is 0 Å². The van der Waals surface area contributed by atoms with E-state index in [-0.39, 0.29) is 11.0 Å². The van der Waals surface area contributed by atoms with Crippen LogP contribution in [0.4, 0.5) is 0 Å². The molecule has 0 aromatic carbocycles. The van der Waals surface area contributed by atoms with Crippen LogP contribution in [0.1, 0.15) is 0 Å². The standard InChI is InChI=1S/Fe.2H2O.O/h;2*1H2;. The Bertz CT molecular complexity index is 3.25. The molecule has 0 rings (SSSR count). The van der Waals surface area contributed by atoms with Gasteiger partial charge in [-0.15, -0.1) is 0 Å². The van der Waals surface area contributed by atoms with Gasteiger partial charge in [-0.05, 0) is 0 Å². The zero-order chi connectivity index (χ0) is 2.00. The molecule has 0 spiro atoms. The zero-order valence-corrected chi connectivity index (χ0v) is 2.87. The minimum absolute atomic E-state index is 0. The summed E-state index contributed by atoms with van der Waals surface area (Å²) < 4.78 is 8.00. The van der Waals surface area contributed by atoms with Crippen LogP contribution in [0, 0.1) is 0 Å². The van der Waals surface area contributed by atoms with Crippen molar-refractivity contribution in [3.63, 3.8) is 0 Å². The van der Waals surface area contributed by atoms with E-state index in [9.17, 15) is 0 Å². The van der Waals surface area contributed by atoms with E-state index in [1.165, 1.54) is 0 Å². The van der Waals surface area contributed by atoms with E-state index in [2.05, 4.69) is 0 Å². The first-order valence-corrected chi connectivity index (χ1v) is 0.595. The average molecular weight is 108 g/mol. The van der Waals surface area contributed by atoms with Gasteiger partial charge in [0.15, 0.2) is 0 Å². The molecule has 0 aromatic rings. The van der Waals surface area contributed by atoms with Crippen LogP contribution < -0.4 is 0 Å². The summed E-state index contributed by atoms with van der Waals surface area (Å²) in [6, 6.07) is 0. The van der Waals surface area contributed by atoms with Gasteiger partial charge < -0.3 is 11.0 Å². The molecule has 4 N–H and O–H groups in total. The Morgan fingerprint density at radius 1 is 1.00 bits per heavy atom. The van der Waals surface area contributed by atoms with E-state index in [4.69, 9.17) is 3.83 Å². The van der Waals surface area contributed by atoms with Crippen LogP contribution in [0.2, 0.25) is 0 Å². The van der Waals surface area contributed by atoms with Crippen LogP contribution in [0.25, 0.3) is 0 Å². The third kappa shape index (κ3) is 60.0. The van der Waals surface area contributed by atoms with Crippen molar-refractivity contribution in [2.75, 3.05) is 0 Å². The van der Waals surface area contributed by atoms with Gasteiger partial charge in [0.25, 0.3) is 0 Å². The summed E-state index contributed by atoms with van der Waals surface area (Å²) in [5.74, 6) is 0. The molecule has 3 nitrogen and oxygen atoms in total. The molecule has 0 aromatic heterocycles. The number of rotatable bonds is 0. The van der Waals surface area contributed by atoms with Gasteiger partial charge in [0, 0.05) is 0 Å². The fraction of sp³-hybridized carbons (Fsp3) is 0. The summed E-state index contributed by atoms with van der Waals surface area (Å²) in [6.07, 6.45) is 0. The van der Waals surface area contributed by atoms with E-state index in [1.54, 1.807) is 0 Å². The van der Waals surface area contributed by atoms with Gasteiger partial charge in [0.2, 0.25) is 0 Å². The quantitative estimate of drug-likeness (QED) is 0.338. The molecule has 0 saturated heterocycles. The van der Waals surface area contributed by atoms with Crippen molar-refractivity contribution in [1.82, 2.24) is 0 Å². The van der Waals surface area contributed by atoms with Crippen LogP contribution in [-0.4, -0.2) is 11.0 Å². The molecule has 4 heteroatoms. The first-order valence-electron chi connectivity index (χ1n) is 0.144. The number of hydrogen-bond donors (Lipinski definition) is 0. The van der Waals surface area contributed by atoms with Gasteiger partial charge in [-0.3, -0.25) is 0 Å². The van der Waals surface area contributed by atoms with Crippen LogP contribution in [-0.2, 0) is 19.8 Å². The van der Waals surface area contributed by atoms with Gasteiger partial charge in [-0.2, -0.15) is 0 Å². The third-order valence-corrected chi connectivity index (χ3v) is 0. The van der Waals surface area contributed by atoms with Crippen molar-refractivity contribution in [2.45, 2.75) is 0 Å². The third-order valence-electron chi connectivity index (χ3n) is 0. The maximum atomic E-state index is 8.00. The van der Waals surface area contributed by atoms with Gasteiger partial charge in [-0.25, -0.2) is 0 Å². The van der Waals surface area contributed by atoms with E-state index >= 15 is 0 Å². The Hall–Kier alpha value is 0.239. The second-order valence-corrected chi connectivity index (χ2v) is 0. The molecule has 0 unspecified atom stereocenters. The monoisotopic (exact) mass is 108 g/mol. The molecule has 4 heavy (non-hydrogen) atoms. The summed E-state index contributed by atoms with van der Waals surface area (Å²) >= 11 is 2.00. The van der Waals surface area contributed by atoms with Crippen molar-refractivity contribution in [1.29, 1.82) is 0 Å². The molecule has 0 saturated carbocycles. The van der Waals surface area contributed by atoms with Gasteiger partial charge >= 0.3 is 19.8 Å². The second kappa shape index (κ2) is 283. The first kappa shape index (κ1) is 29.0. The molecule has 0 amide bonds. The molecule has 0 fully saturated rings. The molecular formula is H4FeO3. The van der Waals surface area contributed by atoms with Crippen molar-refractivity contribution >= 4 is 0 Å². The Kier molecular flexibility index (Phi) is 2050. The zero-order valence-electron chi connectivity index (χ0n) is 1.76. The van der Waals surface area contributed by atoms with Crippen LogP contribution in [0.3, 0.4) is 0 Å². The van der Waals surface area contributed by atoms with Crippen molar-refractivity contribution in [3.8, 4) is 0 Å². The van der Waals surface area contributed by atoms with E-state index in [0.29, 0.717) is 0 Å². The van der Waals surface area contributed by atoms with Crippen LogP contribution in [0.5, 0.6) is 0 Å². The minimum atomic E-state index is 0. The van der Waals surface area contributed by atoms with Crippen molar-refractivity contribution < 1.29 is 30.7 Å². The molecule has 0 radical (unpaired) electrons. The van der Waals surface area contributed by atoms with Gasteiger partial charge in [0.05, 0.1) is 0 Å². The van der Waals surface area contributed by atoms with Crippen LogP contribution >= 0.6 is 0 Å². The molecule has 0 aliphatic rings. The molecule has 0 heterocycles. The second-order valence-electron chi connectivity index (χ2n) is 0. The topological polar surface area (TPSA) is 80.1 Å². The fourth-order valence-corrected chi connectivity index (χ4v) is 0. The molecular weight excluding hydrogens is 104 g/mol. The predicted molar refractivity (Wildman–Crippen MR) is 7.91 cm³/mol. The fourth-order valence-electron chi connectivity index (χ4n) is 0. The normalized spacial score (nSPS) is 1.25. The molecule has 0 aliphatic carbocycles. The Labute approximate surface area is 31.6 Å². The molecule has 0 bridgehead atoms. The predicted octanol–water partition coefficient (Wildman–Crippen LogP) is -1.77. The number of hydrogen-bond acceptors (Lipinski definition) is 1. The molecule has 0 aliphatic heterocycles. The Balaban J connectivity index is -0.00000000500. The first-order chi connectivity index (χ1) is 1.00. The average Bonchev–Trinajstić information content (AvgIpc) is 1.00. The van der Waals surface area contributed by atoms with Gasteiger partial charge in [-0.1, -0.05) is 0 Å². The maximum absolute atomic E-state index is 8.00. The molecule has 0 atom stereocenters. The SMILES string of the molecule is O.O.[O]=[Fe]. The van der Waals surface area contributed by atoms with Gasteiger partial charge in [0.1, 0.15) is 0 Å². The van der Waals surface area contributed by atoms with E-state index in [1.807, 2.05) is 15.9 Å². The Morgan fingerprint density at radius 3 is 1.00 bits per heavy atom. The molecule has 30 valence electrons. The summed E-state index contributed by atoms with van der Waals surface area (Å²) in [6.45, 7) is 0. The summed E-state index contributed by atoms with van der Waals surface area (Å²) in [7, 11) is 0. The van der Waals surface area contributed by atoms with Crippen molar-refractivity contribution in [3.05, 3.63) is 0 Å². The summed E-state index contributed by atoms with van der Waals surface area (Å²) in [5, 5.41) is 0. The summed E-state index contributed by atoms with van der Waals surface area (Å²) in [5.41, 5.74) is 0. The van der Waals surface area contributed by atoms with Crippen molar-refractivity contribution in [2.24, 2.45) is 0 Å². The van der Waals surface area contributed by atoms with E-state index in [0.717, 1.165) is 0 Å². The Morgan fingerprint density at radius 2 is 1.00 bits per heavy atom. The van der Waals surface area contributed by atoms with Crippen LogP contribution in [0.15, 0.2) is 0 Å².